The molecule has 108 valence electrons. The fourth-order valence-corrected chi connectivity index (χ4v) is 2.79. The van der Waals surface area contributed by atoms with Crippen LogP contribution in [0.25, 0.3) is 0 Å². The van der Waals surface area contributed by atoms with Crippen LogP contribution in [0.3, 0.4) is 0 Å². The van der Waals surface area contributed by atoms with Crippen molar-refractivity contribution in [3.05, 3.63) is 40.9 Å². The van der Waals surface area contributed by atoms with Gasteiger partial charge in [-0.3, -0.25) is 4.90 Å². The Balaban J connectivity index is 2.01. The molecule has 0 fully saturated rings. The summed E-state index contributed by atoms with van der Waals surface area (Å²) in [6.07, 6.45) is 0. The molecule has 2 aromatic rings. The second kappa shape index (κ2) is 7.36. The molecule has 1 N–H and O–H groups in total. The van der Waals surface area contributed by atoms with Crippen molar-refractivity contribution in [3.8, 4) is 0 Å². The van der Waals surface area contributed by atoms with E-state index in [4.69, 9.17) is 0 Å². The maximum Gasteiger partial charge on any atom is 0.205 e. The van der Waals surface area contributed by atoms with Crippen molar-refractivity contribution in [2.45, 2.75) is 39.9 Å². The topological polar surface area (TPSA) is 41.1 Å². The Morgan fingerprint density at radius 1 is 1.15 bits per heavy atom. The van der Waals surface area contributed by atoms with Gasteiger partial charge in [0.15, 0.2) is 0 Å². The van der Waals surface area contributed by atoms with Crippen molar-refractivity contribution in [1.82, 2.24) is 15.1 Å². The summed E-state index contributed by atoms with van der Waals surface area (Å²) >= 11 is 1.64. The smallest absolute Gasteiger partial charge is 0.205 e. The first-order chi connectivity index (χ1) is 9.69. The predicted molar refractivity (Wildman–Crippen MR) is 84.9 cm³/mol. The maximum absolute atomic E-state index is 4.26. The van der Waals surface area contributed by atoms with E-state index < -0.39 is 0 Å². The highest BCUT2D eigenvalue weighted by Crippen LogP contribution is 2.19. The van der Waals surface area contributed by atoms with Crippen molar-refractivity contribution in [2.24, 2.45) is 0 Å². The average molecular weight is 290 g/mol. The molecule has 0 aliphatic rings. The largest absolute Gasteiger partial charge is 0.360 e. The molecule has 5 heteroatoms. The van der Waals surface area contributed by atoms with Crippen molar-refractivity contribution in [2.75, 3.05) is 11.9 Å². The van der Waals surface area contributed by atoms with E-state index in [9.17, 15) is 0 Å². The van der Waals surface area contributed by atoms with Gasteiger partial charge in [-0.15, -0.1) is 10.2 Å². The van der Waals surface area contributed by atoms with Gasteiger partial charge in [-0.05, 0) is 26.3 Å². The van der Waals surface area contributed by atoms with Gasteiger partial charge in [0.05, 0.1) is 6.54 Å². The van der Waals surface area contributed by atoms with E-state index in [2.05, 4.69) is 71.5 Å². The van der Waals surface area contributed by atoms with Crippen LogP contribution in [0.5, 0.6) is 0 Å². The van der Waals surface area contributed by atoms with Gasteiger partial charge >= 0.3 is 0 Å². The van der Waals surface area contributed by atoms with E-state index in [1.807, 2.05) is 0 Å². The van der Waals surface area contributed by atoms with Gasteiger partial charge in [0, 0.05) is 19.1 Å². The first-order valence-corrected chi connectivity index (χ1v) is 7.85. The average Bonchev–Trinajstić information content (AvgIpc) is 2.87. The molecule has 1 aromatic heterocycles. The lowest BCUT2D eigenvalue weighted by atomic mass is 10.2. The maximum atomic E-state index is 4.26. The molecule has 4 nitrogen and oxygen atoms in total. The molecule has 0 aliphatic heterocycles. The number of hydrogen-bond donors (Lipinski definition) is 1. The predicted octanol–water partition coefficient (Wildman–Crippen LogP) is 3.38. The highest BCUT2D eigenvalue weighted by Gasteiger charge is 2.13. The molecule has 0 spiro atoms. The molecule has 0 amide bonds. The minimum Gasteiger partial charge on any atom is -0.360 e. The summed E-state index contributed by atoms with van der Waals surface area (Å²) in [5.74, 6) is 0. The van der Waals surface area contributed by atoms with Crippen molar-refractivity contribution < 1.29 is 0 Å². The summed E-state index contributed by atoms with van der Waals surface area (Å²) in [5, 5.41) is 13.6. The molecule has 0 bridgehead atoms. The van der Waals surface area contributed by atoms with Crippen molar-refractivity contribution in [1.29, 1.82) is 0 Å². The van der Waals surface area contributed by atoms with Gasteiger partial charge in [0.25, 0.3) is 0 Å². The summed E-state index contributed by atoms with van der Waals surface area (Å²) in [4.78, 5) is 2.41. The monoisotopic (exact) mass is 290 g/mol. The summed E-state index contributed by atoms with van der Waals surface area (Å²) in [6.45, 7) is 9.16. The number of aromatic nitrogens is 2. The fourth-order valence-electron chi connectivity index (χ4n) is 1.95. The van der Waals surface area contributed by atoms with Gasteiger partial charge in [0.2, 0.25) is 5.13 Å². The number of hydrogen-bond acceptors (Lipinski definition) is 5. The minimum atomic E-state index is 0.474. The van der Waals surface area contributed by atoms with E-state index in [0.29, 0.717) is 6.04 Å². The first kappa shape index (κ1) is 14.9. The lowest BCUT2D eigenvalue weighted by molar-refractivity contribution is 0.203. The number of nitrogens with zero attached hydrogens (tertiary/aromatic N) is 3. The minimum absolute atomic E-state index is 0.474. The SMILES string of the molecule is CCNc1nnc(CN(Cc2ccccc2)C(C)C)s1. The zero-order valence-electron chi connectivity index (χ0n) is 12.3. The second-order valence-corrected chi connectivity index (χ2v) is 6.08. The summed E-state index contributed by atoms with van der Waals surface area (Å²) in [6, 6.07) is 11.0. The number of benzene rings is 1. The van der Waals surface area contributed by atoms with Crippen LogP contribution in [0, 0.1) is 0 Å². The highest BCUT2D eigenvalue weighted by atomic mass is 32.1. The van der Waals surface area contributed by atoms with Crippen LogP contribution in [0.4, 0.5) is 5.13 Å². The third-order valence-electron chi connectivity index (χ3n) is 3.09. The molecular formula is C15H22N4S. The molecule has 0 unspecified atom stereocenters. The highest BCUT2D eigenvalue weighted by molar-refractivity contribution is 7.15. The number of rotatable bonds is 7. The Labute approximate surface area is 124 Å². The van der Waals surface area contributed by atoms with Crippen LogP contribution in [0.2, 0.25) is 0 Å². The van der Waals surface area contributed by atoms with Crippen molar-refractivity contribution >= 4 is 16.5 Å². The molecule has 0 atom stereocenters. The Morgan fingerprint density at radius 2 is 1.90 bits per heavy atom. The fraction of sp³-hybridized carbons (Fsp3) is 0.467. The van der Waals surface area contributed by atoms with E-state index in [0.717, 1.165) is 29.8 Å². The Hall–Kier alpha value is -1.46. The van der Waals surface area contributed by atoms with Crippen LogP contribution in [0.1, 0.15) is 31.3 Å². The molecule has 20 heavy (non-hydrogen) atoms. The Kier molecular flexibility index (Phi) is 5.49. The molecule has 2 rings (SSSR count). The van der Waals surface area contributed by atoms with Gasteiger partial charge in [-0.25, -0.2) is 0 Å². The Bertz CT molecular complexity index is 510. The molecule has 1 aromatic carbocycles. The quantitative estimate of drug-likeness (QED) is 0.848. The van der Waals surface area contributed by atoms with Crippen LogP contribution in [0.15, 0.2) is 30.3 Å². The molecule has 0 saturated heterocycles. The summed E-state index contributed by atoms with van der Waals surface area (Å²) in [5.41, 5.74) is 1.33. The molecule has 1 heterocycles. The van der Waals surface area contributed by atoms with Crippen LogP contribution in [-0.4, -0.2) is 27.7 Å². The van der Waals surface area contributed by atoms with Crippen molar-refractivity contribution in [3.63, 3.8) is 0 Å². The lowest BCUT2D eigenvalue weighted by Gasteiger charge is -2.25. The van der Waals surface area contributed by atoms with E-state index >= 15 is 0 Å². The second-order valence-electron chi connectivity index (χ2n) is 5.02. The molecule has 0 saturated carbocycles. The van der Waals surface area contributed by atoms with Crippen LogP contribution >= 0.6 is 11.3 Å². The Morgan fingerprint density at radius 3 is 2.55 bits per heavy atom. The van der Waals surface area contributed by atoms with E-state index in [-0.39, 0.29) is 0 Å². The summed E-state index contributed by atoms with van der Waals surface area (Å²) in [7, 11) is 0. The zero-order valence-corrected chi connectivity index (χ0v) is 13.2. The van der Waals surface area contributed by atoms with Gasteiger partial charge in [-0.1, -0.05) is 41.7 Å². The number of anilines is 1. The van der Waals surface area contributed by atoms with Gasteiger partial charge < -0.3 is 5.32 Å². The van der Waals surface area contributed by atoms with Crippen LogP contribution in [-0.2, 0) is 13.1 Å². The number of nitrogens with one attached hydrogen (secondary N) is 1. The van der Waals surface area contributed by atoms with E-state index in [1.165, 1.54) is 5.56 Å². The molecular weight excluding hydrogens is 268 g/mol. The summed E-state index contributed by atoms with van der Waals surface area (Å²) < 4.78 is 0. The standard InChI is InChI=1S/C15H22N4S/c1-4-16-15-18-17-14(20-15)11-19(12(2)3)10-13-8-6-5-7-9-13/h5-9,12H,4,10-11H2,1-3H3,(H,16,18). The normalized spacial score (nSPS) is 11.2. The van der Waals surface area contributed by atoms with Gasteiger partial charge in [-0.2, -0.15) is 0 Å². The lowest BCUT2D eigenvalue weighted by Crippen LogP contribution is -2.29. The molecule has 0 radical (unpaired) electrons. The third kappa shape index (κ3) is 4.28. The zero-order chi connectivity index (χ0) is 14.4. The molecule has 0 aliphatic carbocycles. The van der Waals surface area contributed by atoms with E-state index in [1.54, 1.807) is 11.3 Å². The van der Waals surface area contributed by atoms with Crippen LogP contribution < -0.4 is 5.32 Å². The first-order valence-electron chi connectivity index (χ1n) is 7.03. The van der Waals surface area contributed by atoms with Gasteiger partial charge in [0.1, 0.15) is 5.01 Å². The third-order valence-corrected chi connectivity index (χ3v) is 3.96.